The highest BCUT2D eigenvalue weighted by Gasteiger charge is 2.48. The Morgan fingerprint density at radius 1 is 1.03 bits per heavy atom. The molecule has 2 atom stereocenters. The van der Waals surface area contributed by atoms with Crippen LogP contribution >= 0.6 is 0 Å². The molecular weight excluding hydrogens is 398 g/mol. The molecule has 1 N–H and O–H groups in total. The summed E-state index contributed by atoms with van der Waals surface area (Å²) in [5.41, 5.74) is 2.92. The lowest BCUT2D eigenvalue weighted by molar-refractivity contribution is -0.154. The second-order valence-corrected chi connectivity index (χ2v) is 9.35. The van der Waals surface area contributed by atoms with Gasteiger partial charge in [0.15, 0.2) is 0 Å². The van der Waals surface area contributed by atoms with Crippen LogP contribution < -0.4 is 5.32 Å². The summed E-state index contributed by atoms with van der Waals surface area (Å²) < 4.78 is 39.3. The first kappa shape index (κ1) is 21.0. The zero-order chi connectivity index (χ0) is 21.3. The third kappa shape index (κ3) is 4.26. The van der Waals surface area contributed by atoms with Crippen molar-refractivity contribution >= 4 is 0 Å². The van der Waals surface area contributed by atoms with Crippen LogP contribution in [0.2, 0.25) is 0 Å². The first-order valence-electron chi connectivity index (χ1n) is 11.4. The Bertz CT molecular complexity index is 909. The Morgan fingerprint density at radius 2 is 1.87 bits per heavy atom. The molecule has 6 heteroatoms. The summed E-state index contributed by atoms with van der Waals surface area (Å²) in [7, 11) is 0. The number of halogens is 2. The molecule has 166 valence electrons. The summed E-state index contributed by atoms with van der Waals surface area (Å²) in [5.74, 6) is -0.486. The highest BCUT2D eigenvalue weighted by Crippen LogP contribution is 2.47. The molecule has 0 saturated carbocycles. The standard InChI is InChI=1S/C25H30F2N2O2/c26-19-3-1-18-2-5-22(21(18)15-19)28-11-7-24(23-6-4-20(27)16-29-23)8-14-31-25(17-24)9-12-30-13-10-25/h1,3-4,6,15-16,22,28H,2,5,7-14,17H2/t22-,24?/m0/s1. The van der Waals surface area contributed by atoms with Gasteiger partial charge in [-0.25, -0.2) is 8.78 Å². The third-order valence-electron chi connectivity index (χ3n) is 7.50. The number of aromatic nitrogens is 1. The Morgan fingerprint density at radius 3 is 2.68 bits per heavy atom. The maximum atomic E-state index is 13.8. The molecule has 5 rings (SSSR count). The number of hydrogen-bond acceptors (Lipinski definition) is 4. The molecule has 31 heavy (non-hydrogen) atoms. The van der Waals surface area contributed by atoms with Gasteiger partial charge in [-0.15, -0.1) is 0 Å². The molecule has 2 saturated heterocycles. The van der Waals surface area contributed by atoms with Crippen LogP contribution in [-0.2, 0) is 21.3 Å². The van der Waals surface area contributed by atoms with Gasteiger partial charge in [0.1, 0.15) is 11.6 Å². The highest BCUT2D eigenvalue weighted by atomic mass is 19.1. The van der Waals surface area contributed by atoms with E-state index in [4.69, 9.17) is 9.47 Å². The van der Waals surface area contributed by atoms with Crippen molar-refractivity contribution in [3.8, 4) is 0 Å². The summed E-state index contributed by atoms with van der Waals surface area (Å²) in [6.07, 6.45) is 7.70. The van der Waals surface area contributed by atoms with E-state index in [1.54, 1.807) is 12.1 Å². The van der Waals surface area contributed by atoms with Crippen LogP contribution in [0, 0.1) is 11.6 Å². The number of benzene rings is 1. The summed E-state index contributed by atoms with van der Waals surface area (Å²) in [4.78, 5) is 4.51. The summed E-state index contributed by atoms with van der Waals surface area (Å²) in [5, 5.41) is 3.68. The minimum Gasteiger partial charge on any atom is -0.381 e. The maximum absolute atomic E-state index is 13.8. The smallest absolute Gasteiger partial charge is 0.141 e. The first-order chi connectivity index (χ1) is 15.1. The van der Waals surface area contributed by atoms with Gasteiger partial charge < -0.3 is 14.8 Å². The highest BCUT2D eigenvalue weighted by molar-refractivity contribution is 5.35. The molecular formula is C25H30F2N2O2. The number of rotatable bonds is 5. The summed E-state index contributed by atoms with van der Waals surface area (Å²) in [6, 6.07) is 8.66. The van der Waals surface area contributed by atoms with E-state index < -0.39 is 0 Å². The number of hydrogen-bond donors (Lipinski definition) is 1. The van der Waals surface area contributed by atoms with Gasteiger partial charge in [-0.2, -0.15) is 0 Å². The molecule has 3 aliphatic rings. The third-order valence-corrected chi connectivity index (χ3v) is 7.50. The average Bonchev–Trinajstić information content (AvgIpc) is 3.17. The van der Waals surface area contributed by atoms with E-state index in [0.29, 0.717) is 6.61 Å². The van der Waals surface area contributed by atoms with Crippen molar-refractivity contribution < 1.29 is 18.3 Å². The molecule has 2 aromatic rings. The van der Waals surface area contributed by atoms with E-state index in [-0.39, 0.29) is 28.7 Å². The molecule has 1 spiro atoms. The van der Waals surface area contributed by atoms with E-state index in [9.17, 15) is 8.78 Å². The summed E-state index contributed by atoms with van der Waals surface area (Å²) >= 11 is 0. The molecule has 1 unspecified atom stereocenters. The SMILES string of the molecule is Fc1ccc(C2(CCN[C@H]3CCc4ccc(F)cc43)CCOC3(CCOCC3)C2)nc1. The molecule has 1 aromatic carbocycles. The van der Waals surface area contributed by atoms with E-state index in [1.165, 1.54) is 17.8 Å². The van der Waals surface area contributed by atoms with Gasteiger partial charge in [0, 0.05) is 37.0 Å². The monoisotopic (exact) mass is 428 g/mol. The topological polar surface area (TPSA) is 43.4 Å². The number of nitrogens with zero attached hydrogens (tertiary/aromatic N) is 1. The zero-order valence-electron chi connectivity index (χ0n) is 17.8. The molecule has 0 amide bonds. The van der Waals surface area contributed by atoms with E-state index >= 15 is 0 Å². The van der Waals surface area contributed by atoms with Crippen LogP contribution in [0.3, 0.4) is 0 Å². The fourth-order valence-corrected chi connectivity index (χ4v) is 5.80. The van der Waals surface area contributed by atoms with Gasteiger partial charge in [0.2, 0.25) is 0 Å². The minimum atomic E-state index is -0.311. The molecule has 0 radical (unpaired) electrons. The van der Waals surface area contributed by atoms with Crippen molar-refractivity contribution in [3.63, 3.8) is 0 Å². The van der Waals surface area contributed by atoms with Crippen LogP contribution in [0.25, 0.3) is 0 Å². The molecule has 0 bridgehead atoms. The predicted octanol–water partition coefficient (Wildman–Crippen LogP) is 4.62. The van der Waals surface area contributed by atoms with E-state index in [1.807, 2.05) is 12.1 Å². The second-order valence-electron chi connectivity index (χ2n) is 9.35. The predicted molar refractivity (Wildman–Crippen MR) is 114 cm³/mol. The van der Waals surface area contributed by atoms with Crippen LogP contribution in [0.4, 0.5) is 8.78 Å². The molecule has 3 heterocycles. The fraction of sp³-hybridized carbons (Fsp3) is 0.560. The van der Waals surface area contributed by atoms with Crippen LogP contribution in [0.1, 0.15) is 61.4 Å². The molecule has 2 fully saturated rings. The number of aryl methyl sites for hydroxylation is 1. The lowest BCUT2D eigenvalue weighted by atomic mass is 9.66. The number of pyridine rings is 1. The normalized spacial score (nSPS) is 27.4. The minimum absolute atomic E-state index is 0.167. The maximum Gasteiger partial charge on any atom is 0.141 e. The second kappa shape index (κ2) is 8.57. The molecule has 1 aromatic heterocycles. The Kier molecular flexibility index (Phi) is 5.80. The molecule has 2 aliphatic heterocycles. The Balaban J connectivity index is 1.35. The van der Waals surface area contributed by atoms with Crippen LogP contribution in [-0.4, -0.2) is 37.0 Å². The van der Waals surface area contributed by atoms with Gasteiger partial charge in [0.25, 0.3) is 0 Å². The largest absolute Gasteiger partial charge is 0.381 e. The van der Waals surface area contributed by atoms with E-state index in [2.05, 4.69) is 10.3 Å². The lowest BCUT2D eigenvalue weighted by Gasteiger charge is -2.49. The van der Waals surface area contributed by atoms with Crippen molar-refractivity contribution in [3.05, 3.63) is 65.0 Å². The number of nitrogens with one attached hydrogen (secondary N) is 1. The van der Waals surface area contributed by atoms with Crippen molar-refractivity contribution in [2.45, 2.75) is 62.0 Å². The zero-order valence-corrected chi connectivity index (χ0v) is 17.8. The van der Waals surface area contributed by atoms with Gasteiger partial charge in [-0.3, -0.25) is 4.98 Å². The molecule has 1 aliphatic carbocycles. The van der Waals surface area contributed by atoms with Crippen LogP contribution in [0.5, 0.6) is 0 Å². The van der Waals surface area contributed by atoms with Crippen molar-refractivity contribution in [1.29, 1.82) is 0 Å². The number of ether oxygens (including phenoxy) is 2. The Labute approximate surface area is 182 Å². The van der Waals surface area contributed by atoms with Crippen molar-refractivity contribution in [2.75, 3.05) is 26.4 Å². The quantitative estimate of drug-likeness (QED) is 0.755. The van der Waals surface area contributed by atoms with Crippen LogP contribution in [0.15, 0.2) is 36.5 Å². The lowest BCUT2D eigenvalue weighted by Crippen LogP contribution is -2.51. The van der Waals surface area contributed by atoms with Gasteiger partial charge >= 0.3 is 0 Å². The van der Waals surface area contributed by atoms with E-state index in [0.717, 1.165) is 76.0 Å². The van der Waals surface area contributed by atoms with Crippen molar-refractivity contribution in [1.82, 2.24) is 10.3 Å². The Hall–Kier alpha value is -1.89. The van der Waals surface area contributed by atoms with Crippen molar-refractivity contribution in [2.24, 2.45) is 0 Å². The van der Waals surface area contributed by atoms with Gasteiger partial charge in [-0.1, -0.05) is 6.07 Å². The molecule has 4 nitrogen and oxygen atoms in total. The van der Waals surface area contributed by atoms with Gasteiger partial charge in [0.05, 0.1) is 11.8 Å². The number of fused-ring (bicyclic) bond motifs is 1. The summed E-state index contributed by atoms with van der Waals surface area (Å²) in [6.45, 7) is 2.91. The van der Waals surface area contributed by atoms with Gasteiger partial charge in [-0.05, 0) is 86.9 Å². The fourth-order valence-electron chi connectivity index (χ4n) is 5.80. The first-order valence-corrected chi connectivity index (χ1v) is 11.4. The average molecular weight is 429 g/mol.